The minimum Gasteiger partial charge on any atom is -0.479 e. The lowest BCUT2D eigenvalue weighted by Crippen LogP contribution is -2.19. The minimum absolute atomic E-state index is 0.0920. The zero-order valence-corrected chi connectivity index (χ0v) is 10.9. The number of hydrogen-bond donors (Lipinski definition) is 1. The summed E-state index contributed by atoms with van der Waals surface area (Å²) in [5.41, 5.74) is 1.22. The Hall–Kier alpha value is -1.79. The topological polar surface area (TPSA) is 45.0 Å². The van der Waals surface area contributed by atoms with Crippen LogP contribution in [0.1, 0.15) is 31.4 Å². The number of hydrogen-bond acceptors (Lipinski definition) is 3. The van der Waals surface area contributed by atoms with E-state index in [1.54, 1.807) is 0 Å². The van der Waals surface area contributed by atoms with Gasteiger partial charge in [0, 0.05) is 6.04 Å². The van der Waals surface area contributed by atoms with Crippen LogP contribution in [0.15, 0.2) is 36.9 Å². The van der Waals surface area contributed by atoms with E-state index in [2.05, 4.69) is 18.8 Å². The van der Waals surface area contributed by atoms with Crippen molar-refractivity contribution in [3.63, 3.8) is 0 Å². The summed E-state index contributed by atoms with van der Waals surface area (Å²) in [6, 6.07) is 10.1. The van der Waals surface area contributed by atoms with Crippen molar-refractivity contribution in [1.29, 1.82) is 5.26 Å². The summed E-state index contributed by atoms with van der Waals surface area (Å²) in [6.07, 6.45) is 4.09. The van der Waals surface area contributed by atoms with Gasteiger partial charge in [-0.15, -0.1) is 6.58 Å². The molecular formula is C15H20N2O. The number of nitrogens with one attached hydrogen (secondary N) is 1. The monoisotopic (exact) mass is 244 g/mol. The maximum atomic E-state index is 8.42. The summed E-state index contributed by atoms with van der Waals surface area (Å²) in [6.45, 7) is 6.92. The van der Waals surface area contributed by atoms with Gasteiger partial charge in [-0.05, 0) is 44.0 Å². The fraction of sp³-hybridized carbons (Fsp3) is 0.400. The van der Waals surface area contributed by atoms with Crippen molar-refractivity contribution in [1.82, 2.24) is 5.32 Å². The van der Waals surface area contributed by atoms with E-state index in [0.29, 0.717) is 6.04 Å². The van der Waals surface area contributed by atoms with Gasteiger partial charge in [0.1, 0.15) is 11.8 Å². The lowest BCUT2D eigenvalue weighted by Gasteiger charge is -2.14. The minimum atomic E-state index is 0.0920. The first-order valence-electron chi connectivity index (χ1n) is 6.22. The van der Waals surface area contributed by atoms with Crippen LogP contribution in [0.5, 0.6) is 5.75 Å². The molecule has 18 heavy (non-hydrogen) atoms. The third kappa shape index (κ3) is 5.03. The van der Waals surface area contributed by atoms with Gasteiger partial charge in [0.25, 0.3) is 0 Å². The summed E-state index contributed by atoms with van der Waals surface area (Å²) in [5.74, 6) is 0.735. The predicted molar refractivity (Wildman–Crippen MR) is 73.4 cm³/mol. The van der Waals surface area contributed by atoms with Gasteiger partial charge < -0.3 is 10.1 Å². The first-order valence-corrected chi connectivity index (χ1v) is 6.22. The van der Waals surface area contributed by atoms with Gasteiger partial charge in [-0.25, -0.2) is 0 Å². The molecular weight excluding hydrogens is 224 g/mol. The molecule has 1 aromatic rings. The van der Waals surface area contributed by atoms with E-state index in [-0.39, 0.29) is 6.61 Å². The number of rotatable bonds is 8. The fourth-order valence-corrected chi connectivity index (χ4v) is 1.65. The third-order valence-electron chi connectivity index (χ3n) is 2.72. The Bertz CT molecular complexity index is 392. The molecule has 3 heteroatoms. The molecule has 0 fully saturated rings. The second-order valence-corrected chi connectivity index (χ2v) is 4.12. The molecule has 0 aliphatic carbocycles. The molecule has 0 aromatic heterocycles. The van der Waals surface area contributed by atoms with Gasteiger partial charge in [-0.2, -0.15) is 5.26 Å². The average molecular weight is 244 g/mol. The molecule has 1 aromatic carbocycles. The highest BCUT2D eigenvalue weighted by molar-refractivity contribution is 5.29. The predicted octanol–water partition coefficient (Wildman–Crippen LogP) is 3.21. The molecule has 1 N–H and O–H groups in total. The number of unbranched alkanes of at least 4 members (excludes halogenated alkanes) is 1. The van der Waals surface area contributed by atoms with Crippen LogP contribution >= 0.6 is 0 Å². The van der Waals surface area contributed by atoms with Gasteiger partial charge >= 0.3 is 0 Å². The molecule has 1 rings (SSSR count). The Morgan fingerprint density at radius 3 is 2.78 bits per heavy atom. The van der Waals surface area contributed by atoms with E-state index in [1.807, 2.05) is 36.4 Å². The lowest BCUT2D eigenvalue weighted by molar-refractivity contribution is 0.368. The van der Waals surface area contributed by atoms with Crippen molar-refractivity contribution >= 4 is 0 Å². The Morgan fingerprint density at radius 2 is 2.17 bits per heavy atom. The lowest BCUT2D eigenvalue weighted by atomic mass is 10.1. The summed E-state index contributed by atoms with van der Waals surface area (Å²) in [5, 5.41) is 11.9. The molecule has 0 saturated carbocycles. The zero-order valence-electron chi connectivity index (χ0n) is 10.9. The molecule has 0 saturated heterocycles. The SMILES string of the molecule is C=CCCCNC(C)c1ccc(OCC#N)cc1. The standard InChI is InChI=1S/C15H20N2O/c1-3-4-5-11-17-13(2)14-6-8-15(9-7-14)18-12-10-16/h3,6-9,13,17H,1,4-5,11-12H2,2H3. The van der Waals surface area contributed by atoms with E-state index in [0.717, 1.165) is 25.1 Å². The smallest absolute Gasteiger partial charge is 0.174 e. The molecule has 1 unspecified atom stereocenters. The van der Waals surface area contributed by atoms with Crippen molar-refractivity contribution in [3.05, 3.63) is 42.5 Å². The molecule has 0 radical (unpaired) electrons. The Labute approximate surface area is 109 Å². The summed E-state index contributed by atoms with van der Waals surface area (Å²) < 4.78 is 5.21. The molecule has 3 nitrogen and oxygen atoms in total. The summed E-state index contributed by atoms with van der Waals surface area (Å²) in [4.78, 5) is 0. The quantitative estimate of drug-likeness (QED) is 0.564. The number of allylic oxidation sites excluding steroid dienone is 1. The van der Waals surface area contributed by atoms with E-state index in [9.17, 15) is 0 Å². The fourth-order valence-electron chi connectivity index (χ4n) is 1.65. The number of ether oxygens (including phenoxy) is 1. The second-order valence-electron chi connectivity index (χ2n) is 4.12. The van der Waals surface area contributed by atoms with Crippen LogP contribution in [0.2, 0.25) is 0 Å². The van der Waals surface area contributed by atoms with Gasteiger partial charge in [-0.3, -0.25) is 0 Å². The normalized spacial score (nSPS) is 11.6. The maximum Gasteiger partial charge on any atom is 0.174 e. The van der Waals surface area contributed by atoms with Crippen molar-refractivity contribution in [2.45, 2.75) is 25.8 Å². The van der Waals surface area contributed by atoms with Gasteiger partial charge in [0.05, 0.1) is 0 Å². The third-order valence-corrected chi connectivity index (χ3v) is 2.72. The highest BCUT2D eigenvalue weighted by Gasteiger charge is 2.04. The molecule has 0 spiro atoms. The van der Waals surface area contributed by atoms with Gasteiger partial charge in [0.2, 0.25) is 0 Å². The number of benzene rings is 1. The van der Waals surface area contributed by atoms with E-state index >= 15 is 0 Å². The zero-order chi connectivity index (χ0) is 13.2. The summed E-state index contributed by atoms with van der Waals surface area (Å²) in [7, 11) is 0. The van der Waals surface area contributed by atoms with Crippen LogP contribution in [-0.4, -0.2) is 13.2 Å². The van der Waals surface area contributed by atoms with E-state index in [4.69, 9.17) is 10.00 Å². The molecule has 0 aliphatic rings. The molecule has 0 heterocycles. The van der Waals surface area contributed by atoms with E-state index < -0.39 is 0 Å². The van der Waals surface area contributed by atoms with Crippen LogP contribution in [0.4, 0.5) is 0 Å². The molecule has 0 amide bonds. The second kappa shape index (κ2) is 8.32. The molecule has 0 aliphatic heterocycles. The number of nitriles is 1. The van der Waals surface area contributed by atoms with E-state index in [1.165, 1.54) is 5.56 Å². The average Bonchev–Trinajstić information content (AvgIpc) is 2.41. The first-order chi connectivity index (χ1) is 8.77. The van der Waals surface area contributed by atoms with Crippen LogP contribution in [0, 0.1) is 11.3 Å². The Kier molecular flexibility index (Phi) is 6.60. The molecule has 96 valence electrons. The van der Waals surface area contributed by atoms with Gasteiger partial charge in [0.15, 0.2) is 6.61 Å². The van der Waals surface area contributed by atoms with Crippen LogP contribution < -0.4 is 10.1 Å². The molecule has 0 bridgehead atoms. The highest BCUT2D eigenvalue weighted by Crippen LogP contribution is 2.17. The van der Waals surface area contributed by atoms with Crippen LogP contribution in [0.3, 0.4) is 0 Å². The van der Waals surface area contributed by atoms with Crippen LogP contribution in [-0.2, 0) is 0 Å². The highest BCUT2D eigenvalue weighted by atomic mass is 16.5. The number of nitrogens with zero attached hydrogens (tertiary/aromatic N) is 1. The molecule has 1 atom stereocenters. The Morgan fingerprint density at radius 1 is 1.44 bits per heavy atom. The Balaban J connectivity index is 2.41. The maximum absolute atomic E-state index is 8.42. The first kappa shape index (κ1) is 14.3. The van der Waals surface area contributed by atoms with Crippen molar-refractivity contribution in [3.8, 4) is 11.8 Å². The largest absolute Gasteiger partial charge is 0.479 e. The van der Waals surface area contributed by atoms with Crippen LogP contribution in [0.25, 0.3) is 0 Å². The van der Waals surface area contributed by atoms with Crippen molar-refractivity contribution in [2.24, 2.45) is 0 Å². The summed E-state index contributed by atoms with van der Waals surface area (Å²) >= 11 is 0. The van der Waals surface area contributed by atoms with Gasteiger partial charge in [-0.1, -0.05) is 18.2 Å². The van der Waals surface area contributed by atoms with Crippen molar-refractivity contribution < 1.29 is 4.74 Å². The van der Waals surface area contributed by atoms with Crippen molar-refractivity contribution in [2.75, 3.05) is 13.2 Å².